The molecule has 7 nitrogen and oxygen atoms in total. The summed E-state index contributed by atoms with van der Waals surface area (Å²) in [5.74, 6) is 1.22. The van der Waals surface area contributed by atoms with Gasteiger partial charge >= 0.3 is 0 Å². The van der Waals surface area contributed by atoms with E-state index in [2.05, 4.69) is 19.9 Å². The van der Waals surface area contributed by atoms with Crippen molar-refractivity contribution in [2.45, 2.75) is 31.2 Å². The first-order valence-corrected chi connectivity index (χ1v) is 9.28. The van der Waals surface area contributed by atoms with Gasteiger partial charge in [0.1, 0.15) is 17.8 Å². The zero-order valence-corrected chi connectivity index (χ0v) is 15.1. The lowest BCUT2D eigenvalue weighted by atomic mass is 10.1. The van der Waals surface area contributed by atoms with Crippen molar-refractivity contribution in [1.29, 1.82) is 0 Å². The number of carbonyl (C=O) groups excluding carboxylic acids is 1. The second kappa shape index (κ2) is 7.45. The third kappa shape index (κ3) is 3.72. The zero-order chi connectivity index (χ0) is 17.9. The van der Waals surface area contributed by atoms with E-state index in [0.717, 1.165) is 36.8 Å². The SMILES string of the molecule is CN(CCNc1cc(C2CCOC2)ncn1)C(=O)c1cccn1C1CC1. The first-order valence-electron chi connectivity index (χ1n) is 9.28. The molecule has 1 aliphatic heterocycles. The molecular formula is C19H25N5O2. The van der Waals surface area contributed by atoms with E-state index in [1.54, 1.807) is 11.2 Å². The highest BCUT2D eigenvalue weighted by Crippen LogP contribution is 2.36. The van der Waals surface area contributed by atoms with E-state index in [4.69, 9.17) is 4.74 Å². The summed E-state index contributed by atoms with van der Waals surface area (Å²) in [6.45, 7) is 2.78. The van der Waals surface area contributed by atoms with Crippen LogP contribution in [0.5, 0.6) is 0 Å². The third-order valence-electron chi connectivity index (χ3n) is 5.07. The van der Waals surface area contributed by atoms with Gasteiger partial charge in [-0.05, 0) is 31.4 Å². The zero-order valence-electron chi connectivity index (χ0n) is 15.1. The molecule has 138 valence electrons. The van der Waals surface area contributed by atoms with Gasteiger partial charge in [0.05, 0.1) is 12.3 Å². The largest absolute Gasteiger partial charge is 0.381 e. The lowest BCUT2D eigenvalue weighted by molar-refractivity contribution is 0.0789. The number of amides is 1. The van der Waals surface area contributed by atoms with Gasteiger partial charge in [-0.15, -0.1) is 0 Å². The smallest absolute Gasteiger partial charge is 0.270 e. The number of hydrogen-bond donors (Lipinski definition) is 1. The molecule has 7 heteroatoms. The van der Waals surface area contributed by atoms with Crippen molar-refractivity contribution < 1.29 is 9.53 Å². The number of likely N-dealkylation sites (N-methyl/N-ethyl adjacent to an activating group) is 1. The summed E-state index contributed by atoms with van der Waals surface area (Å²) in [6.07, 6.45) is 6.94. The molecule has 2 fully saturated rings. The fourth-order valence-electron chi connectivity index (χ4n) is 3.35. The van der Waals surface area contributed by atoms with Crippen LogP contribution in [-0.2, 0) is 4.74 Å². The summed E-state index contributed by atoms with van der Waals surface area (Å²) >= 11 is 0. The molecule has 1 aliphatic carbocycles. The Balaban J connectivity index is 1.30. The fraction of sp³-hybridized carbons (Fsp3) is 0.526. The molecule has 1 saturated carbocycles. The highest BCUT2D eigenvalue weighted by atomic mass is 16.5. The van der Waals surface area contributed by atoms with Crippen LogP contribution in [0.4, 0.5) is 5.82 Å². The van der Waals surface area contributed by atoms with Crippen LogP contribution in [-0.4, -0.2) is 58.7 Å². The fourth-order valence-corrected chi connectivity index (χ4v) is 3.35. The Morgan fingerprint density at radius 2 is 2.27 bits per heavy atom. The molecule has 4 rings (SSSR count). The molecule has 26 heavy (non-hydrogen) atoms. The highest BCUT2D eigenvalue weighted by Gasteiger charge is 2.27. The number of aromatic nitrogens is 3. The van der Waals surface area contributed by atoms with Crippen LogP contribution in [0.1, 0.15) is 47.4 Å². The molecule has 2 aliphatic rings. The highest BCUT2D eigenvalue weighted by molar-refractivity contribution is 5.92. The molecule has 0 aromatic carbocycles. The van der Waals surface area contributed by atoms with Crippen LogP contribution in [0.15, 0.2) is 30.7 Å². The van der Waals surface area contributed by atoms with E-state index in [-0.39, 0.29) is 5.91 Å². The van der Waals surface area contributed by atoms with Gasteiger partial charge in [-0.2, -0.15) is 0 Å². The topological polar surface area (TPSA) is 72.3 Å². The van der Waals surface area contributed by atoms with Crippen molar-refractivity contribution >= 4 is 11.7 Å². The predicted molar refractivity (Wildman–Crippen MR) is 98.4 cm³/mol. The minimum absolute atomic E-state index is 0.0650. The Kier molecular flexibility index (Phi) is 4.88. The monoisotopic (exact) mass is 355 g/mol. The van der Waals surface area contributed by atoms with Gasteiger partial charge in [0.2, 0.25) is 0 Å². The van der Waals surface area contributed by atoms with Gasteiger partial charge in [0.25, 0.3) is 5.91 Å². The maximum Gasteiger partial charge on any atom is 0.270 e. The van der Waals surface area contributed by atoms with Gasteiger partial charge in [-0.1, -0.05) is 0 Å². The third-order valence-corrected chi connectivity index (χ3v) is 5.07. The van der Waals surface area contributed by atoms with Gasteiger partial charge in [0.15, 0.2) is 0 Å². The number of nitrogens with one attached hydrogen (secondary N) is 1. The number of rotatable bonds is 7. The molecule has 1 atom stereocenters. The quantitative estimate of drug-likeness (QED) is 0.825. The second-order valence-electron chi connectivity index (χ2n) is 7.07. The second-order valence-corrected chi connectivity index (χ2v) is 7.07. The Hall–Kier alpha value is -2.41. The number of nitrogens with zero attached hydrogens (tertiary/aromatic N) is 4. The molecule has 1 unspecified atom stereocenters. The molecule has 2 aromatic heterocycles. The van der Waals surface area contributed by atoms with Crippen molar-refractivity contribution in [2.24, 2.45) is 0 Å². The summed E-state index contributed by atoms with van der Waals surface area (Å²) < 4.78 is 7.53. The van der Waals surface area contributed by atoms with Gasteiger partial charge < -0.3 is 19.5 Å². The predicted octanol–water partition coefficient (Wildman–Crippen LogP) is 2.30. The van der Waals surface area contributed by atoms with Gasteiger partial charge in [-0.25, -0.2) is 9.97 Å². The van der Waals surface area contributed by atoms with Crippen molar-refractivity contribution in [3.63, 3.8) is 0 Å². The van der Waals surface area contributed by atoms with Crippen molar-refractivity contribution in [2.75, 3.05) is 38.7 Å². The van der Waals surface area contributed by atoms with E-state index in [9.17, 15) is 4.79 Å². The molecule has 1 amide bonds. The summed E-state index contributed by atoms with van der Waals surface area (Å²) in [5, 5.41) is 3.30. The van der Waals surface area contributed by atoms with Crippen LogP contribution < -0.4 is 5.32 Å². The Morgan fingerprint density at radius 3 is 3.04 bits per heavy atom. The van der Waals surface area contributed by atoms with Crippen molar-refractivity contribution in [3.8, 4) is 0 Å². The normalized spacial score (nSPS) is 19.5. The van der Waals surface area contributed by atoms with Crippen molar-refractivity contribution in [3.05, 3.63) is 42.1 Å². The lowest BCUT2D eigenvalue weighted by Crippen LogP contribution is -2.32. The van der Waals surface area contributed by atoms with E-state index in [1.165, 1.54) is 12.8 Å². The minimum Gasteiger partial charge on any atom is -0.381 e. The molecule has 1 N–H and O–H groups in total. The maximum atomic E-state index is 12.7. The maximum absolute atomic E-state index is 12.7. The minimum atomic E-state index is 0.0650. The van der Waals surface area contributed by atoms with Gasteiger partial charge in [-0.3, -0.25) is 4.79 Å². The van der Waals surface area contributed by atoms with E-state index in [1.807, 2.05) is 31.4 Å². The molecular weight excluding hydrogens is 330 g/mol. The number of hydrogen-bond acceptors (Lipinski definition) is 5. The first kappa shape index (κ1) is 17.0. The summed E-state index contributed by atoms with van der Waals surface area (Å²) in [5.41, 5.74) is 1.80. The average molecular weight is 355 g/mol. The molecule has 0 spiro atoms. The summed E-state index contributed by atoms with van der Waals surface area (Å²) in [7, 11) is 1.84. The van der Waals surface area contributed by atoms with Crippen LogP contribution >= 0.6 is 0 Å². The molecule has 0 bridgehead atoms. The van der Waals surface area contributed by atoms with Crippen LogP contribution in [0, 0.1) is 0 Å². The van der Waals surface area contributed by atoms with Crippen LogP contribution in [0.25, 0.3) is 0 Å². The molecule has 0 radical (unpaired) electrons. The Morgan fingerprint density at radius 1 is 1.38 bits per heavy atom. The number of carbonyl (C=O) groups is 1. The van der Waals surface area contributed by atoms with Crippen LogP contribution in [0.2, 0.25) is 0 Å². The standard InChI is InChI=1S/C19H25N5O2/c1-23(19(25)17-3-2-8-24(17)15-4-5-15)9-7-20-18-11-16(21-13-22-18)14-6-10-26-12-14/h2-3,8,11,13-15H,4-7,9-10,12H2,1H3,(H,20,21,22). The van der Waals surface area contributed by atoms with Crippen molar-refractivity contribution in [1.82, 2.24) is 19.4 Å². The van der Waals surface area contributed by atoms with Gasteiger partial charge in [0, 0.05) is 51.0 Å². The van der Waals surface area contributed by atoms with E-state index >= 15 is 0 Å². The Bertz CT molecular complexity index is 765. The van der Waals surface area contributed by atoms with E-state index < -0.39 is 0 Å². The Labute approximate surface area is 153 Å². The molecule has 2 aromatic rings. The first-order chi connectivity index (χ1) is 12.7. The number of anilines is 1. The lowest BCUT2D eigenvalue weighted by Gasteiger charge is -2.19. The summed E-state index contributed by atoms with van der Waals surface area (Å²) in [6, 6.07) is 6.35. The van der Waals surface area contributed by atoms with E-state index in [0.29, 0.717) is 25.0 Å². The molecule has 1 saturated heterocycles. The number of ether oxygens (including phenoxy) is 1. The summed E-state index contributed by atoms with van der Waals surface area (Å²) in [4.78, 5) is 23.1. The van der Waals surface area contributed by atoms with Crippen LogP contribution in [0.3, 0.4) is 0 Å². The molecule has 3 heterocycles. The average Bonchev–Trinajstić information content (AvgIpc) is 3.15.